The van der Waals surface area contributed by atoms with E-state index < -0.39 is 6.04 Å². The van der Waals surface area contributed by atoms with Crippen LogP contribution in [0.15, 0.2) is 11.6 Å². The first-order chi connectivity index (χ1) is 15.8. The van der Waals surface area contributed by atoms with Gasteiger partial charge >= 0.3 is 0 Å². The molecule has 0 aromatic carbocycles. The molecule has 1 aliphatic heterocycles. The molecular weight excluding hydrogens is 428 g/mol. The number of hydrogen-bond donors (Lipinski definition) is 1. The standard InChI is InChI=1S/C27H50N4O3/c1-11-15-29(9)26(33)21(8)17-23(18(2)3)30(10)27(34)24(19(4)5)28-25(32)22-14-12-13-16-31(22)20(6)7/h17-20,22-24H,11-16H2,1-10H3,(H,28,32)/b21-17+/t22-,23-,24?/m1/s1. The summed E-state index contributed by atoms with van der Waals surface area (Å²) in [6, 6.07) is -0.759. The molecule has 0 aromatic rings. The molecular formula is C27H50N4O3. The summed E-state index contributed by atoms with van der Waals surface area (Å²) < 4.78 is 0. The third-order valence-corrected chi connectivity index (χ3v) is 6.88. The molecule has 1 fully saturated rings. The number of likely N-dealkylation sites (N-methyl/N-ethyl adjacent to an activating group) is 2. The maximum absolute atomic E-state index is 13.6. The van der Waals surface area contributed by atoms with Crippen molar-refractivity contribution in [3.63, 3.8) is 0 Å². The summed E-state index contributed by atoms with van der Waals surface area (Å²) in [4.78, 5) is 45.3. The monoisotopic (exact) mass is 478 g/mol. The average molecular weight is 479 g/mol. The zero-order valence-corrected chi connectivity index (χ0v) is 23.4. The third-order valence-electron chi connectivity index (χ3n) is 6.88. The highest BCUT2D eigenvalue weighted by atomic mass is 16.2. The van der Waals surface area contributed by atoms with Gasteiger partial charge in [0.1, 0.15) is 6.04 Å². The van der Waals surface area contributed by atoms with Crippen LogP contribution in [0.4, 0.5) is 0 Å². The normalized spacial score (nSPS) is 19.3. The van der Waals surface area contributed by atoms with Gasteiger partial charge in [-0.25, -0.2) is 0 Å². The van der Waals surface area contributed by atoms with Crippen molar-refractivity contribution in [2.45, 2.75) is 105 Å². The highest BCUT2D eigenvalue weighted by molar-refractivity contribution is 5.93. The van der Waals surface area contributed by atoms with Crippen molar-refractivity contribution in [2.24, 2.45) is 11.8 Å². The molecule has 196 valence electrons. The molecule has 7 nitrogen and oxygen atoms in total. The minimum absolute atomic E-state index is 0.0202. The fourth-order valence-corrected chi connectivity index (χ4v) is 4.80. The molecule has 0 aliphatic carbocycles. The van der Waals surface area contributed by atoms with Gasteiger partial charge < -0.3 is 15.1 Å². The second kappa shape index (κ2) is 13.9. The van der Waals surface area contributed by atoms with Crippen LogP contribution < -0.4 is 5.32 Å². The van der Waals surface area contributed by atoms with Crippen LogP contribution in [0.3, 0.4) is 0 Å². The van der Waals surface area contributed by atoms with Crippen LogP contribution in [0, 0.1) is 11.8 Å². The number of carbonyl (C=O) groups is 3. The molecule has 34 heavy (non-hydrogen) atoms. The Labute approximate surface area is 208 Å². The molecule has 0 saturated carbocycles. The van der Waals surface area contributed by atoms with E-state index in [1.165, 1.54) is 0 Å². The van der Waals surface area contributed by atoms with Crippen LogP contribution in [0.5, 0.6) is 0 Å². The molecule has 0 radical (unpaired) electrons. The number of amides is 3. The molecule has 3 amide bonds. The average Bonchev–Trinajstić information content (AvgIpc) is 2.78. The Morgan fingerprint density at radius 2 is 1.65 bits per heavy atom. The summed E-state index contributed by atoms with van der Waals surface area (Å²) in [6.45, 7) is 17.7. The number of rotatable bonds is 11. The third kappa shape index (κ3) is 8.10. The Bertz CT molecular complexity index is 717. The van der Waals surface area contributed by atoms with E-state index in [0.29, 0.717) is 12.1 Å². The van der Waals surface area contributed by atoms with Crippen LogP contribution in [-0.2, 0) is 14.4 Å². The van der Waals surface area contributed by atoms with E-state index in [9.17, 15) is 14.4 Å². The smallest absolute Gasteiger partial charge is 0.248 e. The summed E-state index contributed by atoms with van der Waals surface area (Å²) in [7, 11) is 3.58. The van der Waals surface area contributed by atoms with E-state index in [-0.39, 0.29) is 47.7 Å². The van der Waals surface area contributed by atoms with E-state index in [0.717, 1.165) is 32.2 Å². The van der Waals surface area contributed by atoms with Gasteiger partial charge in [0, 0.05) is 32.3 Å². The van der Waals surface area contributed by atoms with Gasteiger partial charge in [-0.15, -0.1) is 0 Å². The van der Waals surface area contributed by atoms with Gasteiger partial charge in [0.15, 0.2) is 0 Å². The predicted octanol–water partition coefficient (Wildman–Crippen LogP) is 3.69. The molecule has 0 aromatic heterocycles. The number of nitrogens with zero attached hydrogens (tertiary/aromatic N) is 3. The van der Waals surface area contributed by atoms with Gasteiger partial charge in [-0.1, -0.05) is 47.1 Å². The summed E-state index contributed by atoms with van der Waals surface area (Å²) in [6.07, 6.45) is 5.75. The summed E-state index contributed by atoms with van der Waals surface area (Å²) in [5.41, 5.74) is 0.634. The van der Waals surface area contributed by atoms with Crippen molar-refractivity contribution in [3.8, 4) is 0 Å². The molecule has 1 N–H and O–H groups in total. The van der Waals surface area contributed by atoms with Crippen molar-refractivity contribution in [1.29, 1.82) is 0 Å². The Morgan fingerprint density at radius 1 is 1.03 bits per heavy atom. The van der Waals surface area contributed by atoms with Crippen LogP contribution in [-0.4, -0.2) is 83.8 Å². The quantitative estimate of drug-likeness (QED) is 0.460. The molecule has 0 spiro atoms. The van der Waals surface area contributed by atoms with Crippen molar-refractivity contribution in [2.75, 3.05) is 27.2 Å². The van der Waals surface area contributed by atoms with E-state index in [4.69, 9.17) is 0 Å². The van der Waals surface area contributed by atoms with E-state index >= 15 is 0 Å². The van der Waals surface area contributed by atoms with Crippen LogP contribution in [0.2, 0.25) is 0 Å². The number of nitrogens with one attached hydrogen (secondary N) is 1. The van der Waals surface area contributed by atoms with E-state index in [1.54, 1.807) is 23.9 Å². The van der Waals surface area contributed by atoms with Crippen LogP contribution in [0.25, 0.3) is 0 Å². The van der Waals surface area contributed by atoms with E-state index in [1.807, 2.05) is 47.6 Å². The van der Waals surface area contributed by atoms with Crippen molar-refractivity contribution in [3.05, 3.63) is 11.6 Å². The topological polar surface area (TPSA) is 73.0 Å². The fraction of sp³-hybridized carbons (Fsp3) is 0.815. The lowest BCUT2D eigenvalue weighted by molar-refractivity contribution is -0.140. The second-order valence-corrected chi connectivity index (χ2v) is 10.8. The van der Waals surface area contributed by atoms with Gasteiger partial charge in [0.05, 0.1) is 12.1 Å². The molecule has 1 rings (SSSR count). The number of piperidine rings is 1. The first-order valence-electron chi connectivity index (χ1n) is 13.1. The molecule has 0 bridgehead atoms. The van der Waals surface area contributed by atoms with Gasteiger partial charge in [-0.05, 0) is 58.4 Å². The summed E-state index contributed by atoms with van der Waals surface area (Å²) in [5.74, 6) is -0.129. The van der Waals surface area contributed by atoms with Gasteiger partial charge in [0.2, 0.25) is 17.7 Å². The number of likely N-dealkylation sites (tertiary alicyclic amines) is 1. The van der Waals surface area contributed by atoms with E-state index in [2.05, 4.69) is 24.1 Å². The highest BCUT2D eigenvalue weighted by Crippen LogP contribution is 2.21. The summed E-state index contributed by atoms with van der Waals surface area (Å²) in [5, 5.41) is 3.09. The number of carbonyl (C=O) groups excluding carboxylic acids is 3. The lowest BCUT2D eigenvalue weighted by atomic mass is 9.95. The van der Waals surface area contributed by atoms with Crippen LogP contribution >= 0.6 is 0 Å². The van der Waals surface area contributed by atoms with Crippen LogP contribution in [0.1, 0.15) is 81.1 Å². The Kier molecular flexibility index (Phi) is 12.3. The minimum Gasteiger partial charge on any atom is -0.343 e. The van der Waals surface area contributed by atoms with Gasteiger partial charge in [-0.3, -0.25) is 19.3 Å². The maximum Gasteiger partial charge on any atom is 0.248 e. The molecule has 1 heterocycles. The minimum atomic E-state index is -0.609. The second-order valence-electron chi connectivity index (χ2n) is 10.8. The fourth-order valence-electron chi connectivity index (χ4n) is 4.80. The predicted molar refractivity (Wildman–Crippen MR) is 139 cm³/mol. The Morgan fingerprint density at radius 3 is 2.15 bits per heavy atom. The van der Waals surface area contributed by atoms with Crippen molar-refractivity contribution in [1.82, 2.24) is 20.0 Å². The van der Waals surface area contributed by atoms with Gasteiger partial charge in [0.25, 0.3) is 0 Å². The molecule has 7 heteroatoms. The first kappa shape index (κ1) is 30.1. The lowest BCUT2D eigenvalue weighted by Gasteiger charge is -2.39. The zero-order valence-electron chi connectivity index (χ0n) is 23.4. The Balaban J connectivity index is 3.08. The molecule has 1 aliphatic rings. The SMILES string of the molecule is CCCN(C)C(=O)/C(C)=C/[C@H](C(C)C)N(C)C(=O)C(NC(=O)[C@H]1CCCCN1C(C)C)C(C)C. The van der Waals surface area contributed by atoms with Gasteiger partial charge in [-0.2, -0.15) is 0 Å². The summed E-state index contributed by atoms with van der Waals surface area (Å²) >= 11 is 0. The molecule has 1 saturated heterocycles. The molecule has 1 unspecified atom stereocenters. The molecule has 3 atom stereocenters. The maximum atomic E-state index is 13.6. The first-order valence-corrected chi connectivity index (χ1v) is 13.1. The largest absolute Gasteiger partial charge is 0.343 e. The lowest BCUT2D eigenvalue weighted by Crippen LogP contribution is -2.58. The Hall–Kier alpha value is -1.89. The van der Waals surface area contributed by atoms with Crippen molar-refractivity contribution >= 4 is 17.7 Å². The van der Waals surface area contributed by atoms with Crippen molar-refractivity contribution < 1.29 is 14.4 Å². The number of hydrogen-bond acceptors (Lipinski definition) is 4. The zero-order chi connectivity index (χ0) is 26.2. The highest BCUT2D eigenvalue weighted by Gasteiger charge is 2.36.